The van der Waals surface area contributed by atoms with Crippen molar-refractivity contribution in [1.82, 2.24) is 4.90 Å². The Kier molecular flexibility index (Phi) is 8.79. The third-order valence-electron chi connectivity index (χ3n) is 4.78. The van der Waals surface area contributed by atoms with Gasteiger partial charge in [0.2, 0.25) is 5.91 Å². The fraction of sp³-hybridized carbons (Fsp3) is 0.250. The first-order valence-corrected chi connectivity index (χ1v) is 11.8. The van der Waals surface area contributed by atoms with Gasteiger partial charge in [-0.25, -0.2) is 0 Å². The monoisotopic (exact) mass is 475 g/mol. The van der Waals surface area contributed by atoms with Gasteiger partial charge in [-0.2, -0.15) is 11.8 Å². The van der Waals surface area contributed by atoms with E-state index in [9.17, 15) is 9.59 Å². The van der Waals surface area contributed by atoms with Crippen LogP contribution in [-0.4, -0.2) is 52.9 Å². The molecule has 3 rings (SSSR count). The van der Waals surface area contributed by atoms with Crippen molar-refractivity contribution >= 4 is 58.8 Å². The second-order valence-corrected chi connectivity index (χ2v) is 9.20. The first-order valence-electron chi connectivity index (χ1n) is 9.89. The molecule has 1 amide bonds. The second kappa shape index (κ2) is 11.5. The molecule has 1 fully saturated rings. The molecule has 1 heterocycles. The minimum Gasteiger partial charge on any atom is -0.396 e. The SMILES string of the molecule is O=C1/C(=C/c2ccc(Cl)cc2)CN(C(=O)CCSCCO)C/C1=C\c1ccc(Cl)cc1. The number of aliphatic hydroxyl groups excluding tert-OH is 1. The van der Waals surface area contributed by atoms with Crippen LogP contribution in [0, 0.1) is 0 Å². The molecule has 162 valence electrons. The van der Waals surface area contributed by atoms with E-state index in [-0.39, 0.29) is 31.4 Å². The number of piperidine rings is 1. The standard InChI is InChI=1S/C24H23Cl2NO3S/c25-21-5-1-17(2-6-21)13-19-15-27(23(29)9-11-31-12-10-28)16-20(24(19)30)14-18-3-7-22(26)8-4-18/h1-8,13-14,28H,9-12,15-16H2/b19-13+,20-14+. The van der Waals surface area contributed by atoms with Crippen molar-refractivity contribution < 1.29 is 14.7 Å². The lowest BCUT2D eigenvalue weighted by Crippen LogP contribution is -2.41. The van der Waals surface area contributed by atoms with Crippen molar-refractivity contribution in [2.75, 3.05) is 31.2 Å². The predicted octanol–water partition coefficient (Wildman–Crippen LogP) is 4.99. The molecule has 0 aromatic heterocycles. The Balaban J connectivity index is 1.87. The van der Waals surface area contributed by atoms with Gasteiger partial charge < -0.3 is 10.0 Å². The molecule has 2 aromatic carbocycles. The summed E-state index contributed by atoms with van der Waals surface area (Å²) in [5.74, 6) is 1.16. The van der Waals surface area contributed by atoms with E-state index in [1.165, 1.54) is 11.8 Å². The third-order valence-corrected chi connectivity index (χ3v) is 6.24. The van der Waals surface area contributed by atoms with Crippen LogP contribution < -0.4 is 0 Å². The van der Waals surface area contributed by atoms with Gasteiger partial charge >= 0.3 is 0 Å². The zero-order valence-corrected chi connectivity index (χ0v) is 19.2. The maximum atomic E-state index is 13.2. The fourth-order valence-corrected chi connectivity index (χ4v) is 4.12. The Morgan fingerprint density at radius 2 is 1.39 bits per heavy atom. The summed E-state index contributed by atoms with van der Waals surface area (Å²) in [5, 5.41) is 10.2. The minimum absolute atomic E-state index is 0.0121. The molecular formula is C24H23Cl2NO3S. The van der Waals surface area contributed by atoms with Crippen LogP contribution in [-0.2, 0) is 9.59 Å². The summed E-state index contributed by atoms with van der Waals surface area (Å²) in [7, 11) is 0. The number of likely N-dealkylation sites (tertiary alicyclic amines) is 1. The summed E-state index contributed by atoms with van der Waals surface area (Å²) in [4.78, 5) is 27.7. The van der Waals surface area contributed by atoms with Crippen molar-refractivity contribution in [2.45, 2.75) is 6.42 Å². The molecule has 0 bridgehead atoms. The zero-order chi connectivity index (χ0) is 22.2. The molecule has 0 unspecified atom stereocenters. The summed E-state index contributed by atoms with van der Waals surface area (Å²) in [6.45, 7) is 0.630. The highest BCUT2D eigenvalue weighted by Crippen LogP contribution is 2.24. The Morgan fingerprint density at radius 3 is 1.84 bits per heavy atom. The smallest absolute Gasteiger partial charge is 0.224 e. The number of hydrogen-bond acceptors (Lipinski definition) is 4. The Labute approximate surface area is 196 Å². The number of amides is 1. The molecule has 1 aliphatic heterocycles. The van der Waals surface area contributed by atoms with Gasteiger partial charge in [0.05, 0.1) is 6.61 Å². The largest absolute Gasteiger partial charge is 0.396 e. The highest BCUT2D eigenvalue weighted by atomic mass is 35.5. The molecule has 0 saturated carbocycles. The maximum Gasteiger partial charge on any atom is 0.224 e. The van der Waals surface area contributed by atoms with Crippen LogP contribution in [0.1, 0.15) is 17.5 Å². The van der Waals surface area contributed by atoms with Gasteiger partial charge in [0.1, 0.15) is 0 Å². The van der Waals surface area contributed by atoms with E-state index in [1.54, 1.807) is 29.2 Å². The van der Waals surface area contributed by atoms with Crippen LogP contribution in [0.3, 0.4) is 0 Å². The number of thioether (sulfide) groups is 1. The van der Waals surface area contributed by atoms with Crippen LogP contribution in [0.5, 0.6) is 0 Å². The Morgan fingerprint density at radius 1 is 0.903 bits per heavy atom. The van der Waals surface area contributed by atoms with Gasteiger partial charge in [0.15, 0.2) is 5.78 Å². The quantitative estimate of drug-likeness (QED) is 0.452. The van der Waals surface area contributed by atoms with Gasteiger partial charge in [0.25, 0.3) is 0 Å². The number of hydrogen-bond donors (Lipinski definition) is 1. The lowest BCUT2D eigenvalue weighted by molar-refractivity contribution is -0.130. The molecule has 0 spiro atoms. The normalized spacial score (nSPS) is 16.9. The van der Waals surface area contributed by atoms with Crippen LogP contribution in [0.2, 0.25) is 10.0 Å². The summed E-state index contributed by atoms with van der Waals surface area (Å²) < 4.78 is 0. The molecule has 0 radical (unpaired) electrons. The van der Waals surface area contributed by atoms with Crippen LogP contribution in [0.25, 0.3) is 12.2 Å². The van der Waals surface area contributed by atoms with E-state index in [2.05, 4.69) is 0 Å². The number of ketones is 1. The number of aliphatic hydroxyl groups is 1. The highest BCUT2D eigenvalue weighted by Gasteiger charge is 2.28. The highest BCUT2D eigenvalue weighted by molar-refractivity contribution is 7.99. The molecule has 7 heteroatoms. The Bertz CT molecular complexity index is 917. The average Bonchev–Trinajstić information content (AvgIpc) is 2.77. The van der Waals surface area contributed by atoms with E-state index < -0.39 is 0 Å². The second-order valence-electron chi connectivity index (χ2n) is 7.11. The lowest BCUT2D eigenvalue weighted by Gasteiger charge is -2.30. The van der Waals surface area contributed by atoms with Crippen molar-refractivity contribution in [2.24, 2.45) is 0 Å². The summed E-state index contributed by atoms with van der Waals surface area (Å²) in [6, 6.07) is 14.5. The number of carbonyl (C=O) groups excluding carboxylic acids is 2. The first kappa shape index (κ1) is 23.6. The van der Waals surface area contributed by atoms with E-state index >= 15 is 0 Å². The van der Waals surface area contributed by atoms with Crippen LogP contribution >= 0.6 is 35.0 Å². The number of rotatable bonds is 7. The van der Waals surface area contributed by atoms with Crippen molar-refractivity contribution in [3.05, 3.63) is 80.8 Å². The molecular weight excluding hydrogens is 453 g/mol. The van der Waals surface area contributed by atoms with Crippen molar-refractivity contribution in [1.29, 1.82) is 0 Å². The van der Waals surface area contributed by atoms with Gasteiger partial charge in [0, 0.05) is 52.2 Å². The molecule has 31 heavy (non-hydrogen) atoms. The van der Waals surface area contributed by atoms with Crippen LogP contribution in [0.4, 0.5) is 0 Å². The van der Waals surface area contributed by atoms with Crippen molar-refractivity contribution in [3.8, 4) is 0 Å². The van der Waals surface area contributed by atoms with Crippen molar-refractivity contribution in [3.63, 3.8) is 0 Å². The lowest BCUT2D eigenvalue weighted by atomic mass is 9.94. The average molecular weight is 476 g/mol. The molecule has 0 aliphatic carbocycles. The predicted molar refractivity (Wildman–Crippen MR) is 129 cm³/mol. The van der Waals surface area contributed by atoms with E-state index in [4.69, 9.17) is 28.3 Å². The molecule has 2 aromatic rings. The summed E-state index contributed by atoms with van der Waals surface area (Å²) in [5.41, 5.74) is 2.83. The van der Waals surface area contributed by atoms with E-state index in [0.29, 0.717) is 39.1 Å². The number of halogens is 2. The number of nitrogens with zero attached hydrogens (tertiary/aromatic N) is 1. The van der Waals surface area contributed by atoms with Crippen LogP contribution in [0.15, 0.2) is 59.7 Å². The van der Waals surface area contributed by atoms with Gasteiger partial charge in [-0.05, 0) is 47.5 Å². The molecule has 1 saturated heterocycles. The first-order chi connectivity index (χ1) is 15.0. The minimum atomic E-state index is -0.0661. The third kappa shape index (κ3) is 6.97. The fourth-order valence-electron chi connectivity index (χ4n) is 3.22. The zero-order valence-electron chi connectivity index (χ0n) is 16.9. The van der Waals surface area contributed by atoms with Gasteiger partial charge in [-0.1, -0.05) is 47.5 Å². The topological polar surface area (TPSA) is 57.6 Å². The van der Waals surface area contributed by atoms with Gasteiger partial charge in [-0.3, -0.25) is 9.59 Å². The van der Waals surface area contributed by atoms with E-state index in [0.717, 1.165) is 11.1 Å². The van der Waals surface area contributed by atoms with E-state index in [1.807, 2.05) is 36.4 Å². The molecule has 0 atom stereocenters. The molecule has 1 N–H and O–H groups in total. The summed E-state index contributed by atoms with van der Waals surface area (Å²) in [6.07, 6.45) is 3.99. The number of Topliss-reactive ketones (excluding diaryl/α,β-unsaturated/α-hetero) is 1. The maximum absolute atomic E-state index is 13.2. The Hall–Kier alpha value is -2.05. The number of benzene rings is 2. The number of carbonyl (C=O) groups is 2. The molecule has 4 nitrogen and oxygen atoms in total. The van der Waals surface area contributed by atoms with Gasteiger partial charge in [-0.15, -0.1) is 0 Å². The summed E-state index contributed by atoms with van der Waals surface area (Å²) >= 11 is 13.5. The molecule has 1 aliphatic rings.